The van der Waals surface area contributed by atoms with Crippen molar-refractivity contribution in [2.75, 3.05) is 18.0 Å². The maximum Gasteiger partial charge on any atom is 0.151 e. The van der Waals surface area contributed by atoms with E-state index in [0.29, 0.717) is 0 Å². The number of hydrogen-bond acceptors (Lipinski definition) is 4. The maximum absolute atomic E-state index is 6.02. The van der Waals surface area contributed by atoms with Crippen molar-refractivity contribution in [2.45, 2.75) is 32.7 Å². The molecular formula is C17H22N4. The molecule has 1 atom stereocenters. The zero-order chi connectivity index (χ0) is 14.8. The van der Waals surface area contributed by atoms with Crippen LogP contribution in [0.15, 0.2) is 30.3 Å². The largest absolute Gasteiger partial charge is 0.354 e. The molecule has 1 aromatic carbocycles. The minimum absolute atomic E-state index is 0.250. The van der Waals surface area contributed by atoms with E-state index in [-0.39, 0.29) is 6.04 Å². The summed E-state index contributed by atoms with van der Waals surface area (Å²) in [5, 5.41) is 8.77. The molecule has 1 aliphatic rings. The van der Waals surface area contributed by atoms with Crippen molar-refractivity contribution in [3.05, 3.63) is 41.5 Å². The molecule has 0 saturated carbocycles. The third kappa shape index (κ3) is 3.05. The van der Waals surface area contributed by atoms with Crippen LogP contribution in [0.5, 0.6) is 0 Å². The number of rotatable bonds is 2. The summed E-state index contributed by atoms with van der Waals surface area (Å²) in [5.41, 5.74) is 10.6. The van der Waals surface area contributed by atoms with E-state index in [4.69, 9.17) is 5.73 Å². The molecule has 2 N–H and O–H groups in total. The van der Waals surface area contributed by atoms with Crippen LogP contribution in [0.4, 0.5) is 5.82 Å². The monoisotopic (exact) mass is 282 g/mol. The van der Waals surface area contributed by atoms with Gasteiger partial charge in [-0.15, -0.1) is 10.2 Å². The summed E-state index contributed by atoms with van der Waals surface area (Å²) in [4.78, 5) is 2.23. The van der Waals surface area contributed by atoms with Crippen molar-refractivity contribution in [1.29, 1.82) is 0 Å². The van der Waals surface area contributed by atoms with Crippen molar-refractivity contribution in [3.8, 4) is 11.3 Å². The molecule has 3 rings (SSSR count). The van der Waals surface area contributed by atoms with Crippen molar-refractivity contribution in [1.82, 2.24) is 10.2 Å². The third-order valence-corrected chi connectivity index (χ3v) is 4.23. The second-order valence-electron chi connectivity index (χ2n) is 5.92. The highest BCUT2D eigenvalue weighted by atomic mass is 15.3. The van der Waals surface area contributed by atoms with Gasteiger partial charge in [0.1, 0.15) is 0 Å². The van der Waals surface area contributed by atoms with E-state index in [9.17, 15) is 0 Å². The molecule has 1 fully saturated rings. The molecular weight excluding hydrogens is 260 g/mol. The smallest absolute Gasteiger partial charge is 0.151 e. The van der Waals surface area contributed by atoms with Crippen LogP contribution >= 0.6 is 0 Å². The standard InChI is InChI=1S/C17H22N4/c1-12-5-6-14(10-13(12)2)16-7-8-17(20-19-16)21-9-3-4-15(18)11-21/h5-8,10,15H,3-4,9,11,18H2,1-2H3. The Morgan fingerprint density at radius 3 is 2.62 bits per heavy atom. The molecule has 21 heavy (non-hydrogen) atoms. The van der Waals surface area contributed by atoms with Gasteiger partial charge >= 0.3 is 0 Å². The first-order chi connectivity index (χ1) is 10.1. The van der Waals surface area contributed by atoms with Gasteiger partial charge in [0.05, 0.1) is 5.69 Å². The molecule has 2 heterocycles. The highest BCUT2D eigenvalue weighted by molar-refractivity contribution is 5.61. The Balaban J connectivity index is 1.81. The van der Waals surface area contributed by atoms with Crippen molar-refractivity contribution in [3.63, 3.8) is 0 Å². The molecule has 4 nitrogen and oxygen atoms in total. The molecule has 0 radical (unpaired) electrons. The molecule has 0 amide bonds. The molecule has 0 aliphatic carbocycles. The Hall–Kier alpha value is -1.94. The number of aromatic nitrogens is 2. The summed E-state index contributed by atoms with van der Waals surface area (Å²) in [6, 6.07) is 10.7. The lowest BCUT2D eigenvalue weighted by Crippen LogP contribution is -2.43. The fraction of sp³-hybridized carbons (Fsp3) is 0.412. The van der Waals surface area contributed by atoms with E-state index in [1.165, 1.54) is 11.1 Å². The molecule has 4 heteroatoms. The van der Waals surface area contributed by atoms with Gasteiger partial charge in [0.25, 0.3) is 0 Å². The van der Waals surface area contributed by atoms with Crippen LogP contribution < -0.4 is 10.6 Å². The van der Waals surface area contributed by atoms with Gasteiger partial charge in [-0.1, -0.05) is 12.1 Å². The fourth-order valence-corrected chi connectivity index (χ4v) is 2.77. The van der Waals surface area contributed by atoms with Gasteiger partial charge < -0.3 is 10.6 Å². The number of nitrogens with two attached hydrogens (primary N) is 1. The van der Waals surface area contributed by atoms with Gasteiger partial charge in [0, 0.05) is 24.7 Å². The number of anilines is 1. The summed E-state index contributed by atoms with van der Waals surface area (Å²) in [6.45, 7) is 6.13. The molecule has 0 spiro atoms. The van der Waals surface area contributed by atoms with Gasteiger partial charge in [-0.2, -0.15) is 0 Å². The van der Waals surface area contributed by atoms with E-state index in [1.807, 2.05) is 6.07 Å². The minimum atomic E-state index is 0.250. The average Bonchev–Trinajstić information content (AvgIpc) is 2.50. The number of benzene rings is 1. The highest BCUT2D eigenvalue weighted by Crippen LogP contribution is 2.22. The van der Waals surface area contributed by atoms with E-state index < -0.39 is 0 Å². The molecule has 110 valence electrons. The summed E-state index contributed by atoms with van der Waals surface area (Å²) < 4.78 is 0. The van der Waals surface area contributed by atoms with Crippen molar-refractivity contribution in [2.24, 2.45) is 5.73 Å². The first-order valence-corrected chi connectivity index (χ1v) is 7.55. The number of piperidine rings is 1. The first kappa shape index (κ1) is 14.0. The minimum Gasteiger partial charge on any atom is -0.354 e. The van der Waals surface area contributed by atoms with Crippen LogP contribution in [0.3, 0.4) is 0 Å². The zero-order valence-corrected chi connectivity index (χ0v) is 12.7. The highest BCUT2D eigenvalue weighted by Gasteiger charge is 2.18. The van der Waals surface area contributed by atoms with Gasteiger partial charge in [-0.3, -0.25) is 0 Å². The molecule has 1 aromatic heterocycles. The Kier molecular flexibility index (Phi) is 3.88. The van der Waals surface area contributed by atoms with Crippen LogP contribution in [0, 0.1) is 13.8 Å². The average molecular weight is 282 g/mol. The summed E-state index contributed by atoms with van der Waals surface area (Å²) in [6.07, 6.45) is 2.23. The van der Waals surface area contributed by atoms with Crippen LogP contribution in [0.2, 0.25) is 0 Å². The molecule has 1 aliphatic heterocycles. The predicted octanol–water partition coefficient (Wildman–Crippen LogP) is 2.69. The summed E-state index contributed by atoms with van der Waals surface area (Å²) in [7, 11) is 0. The fourth-order valence-electron chi connectivity index (χ4n) is 2.77. The number of hydrogen-bond donors (Lipinski definition) is 1. The molecule has 0 bridgehead atoms. The summed E-state index contributed by atoms with van der Waals surface area (Å²) >= 11 is 0. The van der Waals surface area contributed by atoms with Crippen LogP contribution in [-0.2, 0) is 0 Å². The normalized spacial score (nSPS) is 18.8. The number of aryl methyl sites for hydroxylation is 2. The Morgan fingerprint density at radius 1 is 1.10 bits per heavy atom. The van der Waals surface area contributed by atoms with E-state index >= 15 is 0 Å². The van der Waals surface area contributed by atoms with Crippen LogP contribution in [0.25, 0.3) is 11.3 Å². The van der Waals surface area contributed by atoms with E-state index in [0.717, 1.165) is 43.0 Å². The van der Waals surface area contributed by atoms with E-state index in [1.54, 1.807) is 0 Å². The first-order valence-electron chi connectivity index (χ1n) is 7.55. The van der Waals surface area contributed by atoms with Gasteiger partial charge in [-0.05, 0) is 56.0 Å². The van der Waals surface area contributed by atoms with Gasteiger partial charge in [-0.25, -0.2) is 0 Å². The second-order valence-corrected chi connectivity index (χ2v) is 5.92. The number of nitrogens with zero attached hydrogens (tertiary/aromatic N) is 3. The Morgan fingerprint density at radius 2 is 1.95 bits per heavy atom. The van der Waals surface area contributed by atoms with Gasteiger partial charge in [0.2, 0.25) is 0 Å². The molecule has 1 saturated heterocycles. The SMILES string of the molecule is Cc1ccc(-c2ccc(N3CCCC(N)C3)nn2)cc1C. The van der Waals surface area contributed by atoms with Crippen molar-refractivity contribution < 1.29 is 0 Å². The Labute approximate surface area is 126 Å². The lowest BCUT2D eigenvalue weighted by atomic mass is 10.0. The predicted molar refractivity (Wildman–Crippen MR) is 86.4 cm³/mol. The van der Waals surface area contributed by atoms with E-state index in [2.05, 4.69) is 53.2 Å². The molecule has 2 aromatic rings. The van der Waals surface area contributed by atoms with Gasteiger partial charge in [0.15, 0.2) is 5.82 Å². The Bertz CT molecular complexity index is 621. The lowest BCUT2D eigenvalue weighted by molar-refractivity contribution is 0.502. The topological polar surface area (TPSA) is 55.0 Å². The van der Waals surface area contributed by atoms with Crippen LogP contribution in [-0.4, -0.2) is 29.3 Å². The zero-order valence-electron chi connectivity index (χ0n) is 12.7. The van der Waals surface area contributed by atoms with Crippen molar-refractivity contribution >= 4 is 5.82 Å². The lowest BCUT2D eigenvalue weighted by Gasteiger charge is -2.31. The quantitative estimate of drug-likeness (QED) is 0.920. The third-order valence-electron chi connectivity index (χ3n) is 4.23. The maximum atomic E-state index is 6.02. The van der Waals surface area contributed by atoms with Crippen LogP contribution in [0.1, 0.15) is 24.0 Å². The second kappa shape index (κ2) is 5.82. The molecule has 1 unspecified atom stereocenters. The summed E-state index contributed by atoms with van der Waals surface area (Å²) in [5.74, 6) is 0.928.